The van der Waals surface area contributed by atoms with Crippen LogP contribution in [-0.4, -0.2) is 17.6 Å². The van der Waals surface area contributed by atoms with Crippen molar-refractivity contribution in [2.45, 2.75) is 19.8 Å². The molecule has 1 aromatic carbocycles. The Balaban J connectivity index is 2.46. The summed E-state index contributed by atoms with van der Waals surface area (Å²) in [6.45, 7) is 4.37. The number of hydrogen-bond donors (Lipinski definition) is 2. The molecule has 0 fully saturated rings. The Morgan fingerprint density at radius 1 is 1.62 bits per heavy atom. The Bertz CT molecular complexity index is 445. The maximum atomic E-state index is 11.0. The van der Waals surface area contributed by atoms with Crippen LogP contribution in [0.15, 0.2) is 12.1 Å². The van der Waals surface area contributed by atoms with Crippen molar-refractivity contribution in [3.63, 3.8) is 0 Å². The molecule has 0 aliphatic carbocycles. The van der Waals surface area contributed by atoms with E-state index in [0.29, 0.717) is 11.6 Å². The van der Waals surface area contributed by atoms with Gasteiger partial charge in [0.05, 0.1) is 5.92 Å². The molecule has 0 amide bonds. The topological polar surface area (TPSA) is 49.3 Å². The summed E-state index contributed by atoms with van der Waals surface area (Å²) in [6.07, 6.45) is 0. The lowest BCUT2D eigenvalue weighted by molar-refractivity contribution is -0.141. The summed E-state index contributed by atoms with van der Waals surface area (Å²) in [6, 6.07) is 3.78. The van der Waals surface area contributed by atoms with Crippen LogP contribution in [0.4, 0.5) is 5.69 Å². The second kappa shape index (κ2) is 3.98. The van der Waals surface area contributed by atoms with E-state index in [1.165, 1.54) is 0 Å². The van der Waals surface area contributed by atoms with Gasteiger partial charge in [-0.2, -0.15) is 0 Å². The first-order chi connectivity index (χ1) is 7.52. The Hall–Kier alpha value is -1.22. The molecule has 1 aliphatic rings. The quantitative estimate of drug-likeness (QED) is 0.834. The van der Waals surface area contributed by atoms with Crippen molar-refractivity contribution >= 4 is 23.3 Å². The molecule has 3 nitrogen and oxygen atoms in total. The van der Waals surface area contributed by atoms with Crippen LogP contribution in [0.25, 0.3) is 0 Å². The van der Waals surface area contributed by atoms with Crippen molar-refractivity contribution in [3.8, 4) is 0 Å². The van der Waals surface area contributed by atoms with Gasteiger partial charge in [-0.1, -0.05) is 24.6 Å². The van der Waals surface area contributed by atoms with Crippen molar-refractivity contribution in [1.29, 1.82) is 0 Å². The van der Waals surface area contributed by atoms with Crippen LogP contribution in [0, 0.1) is 12.8 Å². The van der Waals surface area contributed by atoms with E-state index in [2.05, 4.69) is 5.32 Å². The zero-order valence-corrected chi connectivity index (χ0v) is 10.0. The molecule has 0 saturated carbocycles. The van der Waals surface area contributed by atoms with E-state index in [-0.39, 0.29) is 5.92 Å². The first-order valence-electron chi connectivity index (χ1n) is 5.28. The number of aryl methyl sites for hydroxylation is 1. The van der Waals surface area contributed by atoms with Gasteiger partial charge in [0.1, 0.15) is 0 Å². The molecule has 2 atom stereocenters. The fourth-order valence-electron chi connectivity index (χ4n) is 2.21. The minimum Gasteiger partial charge on any atom is -0.481 e. The number of aliphatic carboxylic acids is 1. The lowest BCUT2D eigenvalue weighted by atomic mass is 9.88. The van der Waals surface area contributed by atoms with Crippen molar-refractivity contribution in [2.24, 2.45) is 5.92 Å². The van der Waals surface area contributed by atoms with Crippen LogP contribution in [0.2, 0.25) is 5.02 Å². The van der Waals surface area contributed by atoms with Gasteiger partial charge in [-0.3, -0.25) is 4.79 Å². The van der Waals surface area contributed by atoms with Crippen molar-refractivity contribution < 1.29 is 9.90 Å². The lowest BCUT2D eigenvalue weighted by Crippen LogP contribution is -2.20. The van der Waals surface area contributed by atoms with E-state index >= 15 is 0 Å². The fraction of sp³-hybridized carbons (Fsp3) is 0.417. The van der Waals surface area contributed by atoms with Crippen molar-refractivity contribution in [3.05, 3.63) is 28.3 Å². The predicted octanol–water partition coefficient (Wildman–Crippen LogP) is 2.88. The largest absolute Gasteiger partial charge is 0.481 e. The molecule has 0 bridgehead atoms. The number of carbonyl (C=O) groups is 1. The summed E-state index contributed by atoms with van der Waals surface area (Å²) < 4.78 is 0. The van der Waals surface area contributed by atoms with Crippen LogP contribution < -0.4 is 5.32 Å². The van der Waals surface area contributed by atoms with Gasteiger partial charge in [0.25, 0.3) is 0 Å². The SMILES string of the molecule is Cc1ccc(Cl)c2c1NCC2C(C)C(=O)O. The van der Waals surface area contributed by atoms with Gasteiger partial charge in [0.15, 0.2) is 0 Å². The van der Waals surface area contributed by atoms with Crippen LogP contribution in [0.3, 0.4) is 0 Å². The van der Waals surface area contributed by atoms with E-state index in [0.717, 1.165) is 16.8 Å². The minimum atomic E-state index is -0.780. The van der Waals surface area contributed by atoms with Crippen LogP contribution in [0.1, 0.15) is 24.0 Å². The average molecular weight is 240 g/mol. The highest BCUT2D eigenvalue weighted by Gasteiger charge is 2.33. The first-order valence-corrected chi connectivity index (χ1v) is 5.66. The summed E-state index contributed by atoms with van der Waals surface area (Å²) in [4.78, 5) is 11.0. The zero-order valence-electron chi connectivity index (χ0n) is 9.25. The van der Waals surface area contributed by atoms with E-state index in [4.69, 9.17) is 16.7 Å². The number of fused-ring (bicyclic) bond motifs is 1. The Morgan fingerprint density at radius 2 is 2.31 bits per heavy atom. The van der Waals surface area contributed by atoms with Crippen LogP contribution >= 0.6 is 11.6 Å². The Labute approximate surface area is 99.4 Å². The van der Waals surface area contributed by atoms with Gasteiger partial charge in [0, 0.05) is 23.2 Å². The third-order valence-electron chi connectivity index (χ3n) is 3.26. The predicted molar refractivity (Wildman–Crippen MR) is 64.2 cm³/mol. The molecular formula is C12H14ClNO2. The third-order valence-corrected chi connectivity index (χ3v) is 3.59. The maximum Gasteiger partial charge on any atom is 0.306 e. The van der Waals surface area contributed by atoms with Gasteiger partial charge in [-0.25, -0.2) is 0 Å². The monoisotopic (exact) mass is 239 g/mol. The second-order valence-electron chi connectivity index (χ2n) is 4.27. The summed E-state index contributed by atoms with van der Waals surface area (Å²) >= 11 is 6.15. The third kappa shape index (κ3) is 1.65. The van der Waals surface area contributed by atoms with Crippen LogP contribution in [-0.2, 0) is 4.79 Å². The Kier molecular flexibility index (Phi) is 2.80. The molecule has 1 heterocycles. The molecule has 2 rings (SSSR count). The molecule has 2 unspecified atom stereocenters. The van der Waals surface area contributed by atoms with Gasteiger partial charge < -0.3 is 10.4 Å². The van der Waals surface area contributed by atoms with Gasteiger partial charge in [-0.05, 0) is 24.1 Å². The fourth-order valence-corrected chi connectivity index (χ4v) is 2.51. The van der Waals surface area contributed by atoms with Crippen molar-refractivity contribution in [2.75, 3.05) is 11.9 Å². The molecule has 0 saturated heterocycles. The molecule has 4 heteroatoms. The molecule has 1 aliphatic heterocycles. The van der Waals surface area contributed by atoms with E-state index in [1.807, 2.05) is 19.1 Å². The molecule has 2 N–H and O–H groups in total. The summed E-state index contributed by atoms with van der Waals surface area (Å²) in [5.74, 6) is -1.25. The molecule has 0 spiro atoms. The number of halogens is 1. The molecule has 0 radical (unpaired) electrons. The highest BCUT2D eigenvalue weighted by Crippen LogP contribution is 2.42. The average Bonchev–Trinajstić information content (AvgIpc) is 2.67. The van der Waals surface area contributed by atoms with Crippen LogP contribution in [0.5, 0.6) is 0 Å². The number of carboxylic acids is 1. The van der Waals surface area contributed by atoms with E-state index in [9.17, 15) is 4.79 Å². The first kappa shape index (κ1) is 11.3. The molecule has 1 aromatic rings. The highest BCUT2D eigenvalue weighted by atomic mass is 35.5. The zero-order chi connectivity index (χ0) is 11.9. The second-order valence-corrected chi connectivity index (χ2v) is 4.67. The standard InChI is InChI=1S/C12H14ClNO2/c1-6-3-4-9(13)10-8(5-14-11(6)10)7(2)12(15)16/h3-4,7-8,14H,5H2,1-2H3,(H,15,16). The number of hydrogen-bond acceptors (Lipinski definition) is 2. The van der Waals surface area contributed by atoms with Crippen molar-refractivity contribution in [1.82, 2.24) is 0 Å². The normalized spacial score (nSPS) is 20.1. The van der Waals surface area contributed by atoms with E-state index in [1.54, 1.807) is 6.92 Å². The number of anilines is 1. The van der Waals surface area contributed by atoms with Gasteiger partial charge >= 0.3 is 5.97 Å². The van der Waals surface area contributed by atoms with E-state index < -0.39 is 11.9 Å². The minimum absolute atomic E-state index is 0.0418. The molecule has 0 aromatic heterocycles. The molecule has 16 heavy (non-hydrogen) atoms. The number of carboxylic acid groups (broad SMARTS) is 1. The molecule has 86 valence electrons. The summed E-state index contributed by atoms with van der Waals surface area (Å²) in [5, 5.41) is 13.0. The summed E-state index contributed by atoms with van der Waals surface area (Å²) in [5.41, 5.74) is 3.07. The number of nitrogens with one attached hydrogen (secondary N) is 1. The summed E-state index contributed by atoms with van der Waals surface area (Å²) in [7, 11) is 0. The number of rotatable bonds is 2. The van der Waals surface area contributed by atoms with Gasteiger partial charge in [0.2, 0.25) is 0 Å². The maximum absolute atomic E-state index is 11.0. The lowest BCUT2D eigenvalue weighted by Gasteiger charge is -2.16. The van der Waals surface area contributed by atoms with Gasteiger partial charge in [-0.15, -0.1) is 0 Å². The number of benzene rings is 1. The molecular weight excluding hydrogens is 226 g/mol. The highest BCUT2D eigenvalue weighted by molar-refractivity contribution is 6.32. The smallest absolute Gasteiger partial charge is 0.306 e. The Morgan fingerprint density at radius 3 is 2.94 bits per heavy atom.